The maximum atomic E-state index is 4.11. The van der Waals surface area contributed by atoms with Crippen LogP contribution in [0.2, 0.25) is 0 Å². The van der Waals surface area contributed by atoms with Crippen molar-refractivity contribution in [2.75, 3.05) is 6.54 Å². The maximum absolute atomic E-state index is 4.11. The fourth-order valence-corrected chi connectivity index (χ4v) is 2.02. The highest BCUT2D eigenvalue weighted by Crippen LogP contribution is 2.29. The molecule has 0 saturated carbocycles. The summed E-state index contributed by atoms with van der Waals surface area (Å²) < 4.78 is 0. The molecule has 3 nitrogen and oxygen atoms in total. The molecule has 19 heavy (non-hydrogen) atoms. The van der Waals surface area contributed by atoms with Gasteiger partial charge in [-0.25, -0.2) is 0 Å². The van der Waals surface area contributed by atoms with Gasteiger partial charge in [-0.05, 0) is 43.9 Å². The first-order valence-electron chi connectivity index (χ1n) is 6.97. The summed E-state index contributed by atoms with van der Waals surface area (Å²) in [5.74, 6) is 0. The number of hydrogen-bond donors (Lipinski definition) is 2. The van der Waals surface area contributed by atoms with Crippen LogP contribution in [-0.2, 0) is 6.42 Å². The summed E-state index contributed by atoms with van der Waals surface area (Å²) in [4.78, 5) is 0. The smallest absolute Gasteiger partial charge is 0.0653 e. The number of aromatic nitrogens is 2. The molecule has 0 aliphatic rings. The molecule has 0 unspecified atom stereocenters. The van der Waals surface area contributed by atoms with E-state index in [1.165, 1.54) is 10.9 Å². The zero-order chi connectivity index (χ0) is 14.1. The van der Waals surface area contributed by atoms with Gasteiger partial charge in [0.05, 0.1) is 11.7 Å². The Morgan fingerprint density at radius 2 is 1.89 bits per heavy atom. The van der Waals surface area contributed by atoms with Crippen LogP contribution in [0.3, 0.4) is 0 Å². The van der Waals surface area contributed by atoms with Crippen LogP contribution in [0.25, 0.3) is 10.9 Å². The predicted molar refractivity (Wildman–Crippen MR) is 81.3 cm³/mol. The topological polar surface area (TPSA) is 40.7 Å². The molecule has 1 aromatic carbocycles. The van der Waals surface area contributed by atoms with Crippen molar-refractivity contribution in [1.29, 1.82) is 0 Å². The molecule has 0 saturated heterocycles. The number of H-pyrrole nitrogens is 1. The molecule has 2 aromatic rings. The molecule has 2 N–H and O–H groups in total. The van der Waals surface area contributed by atoms with Gasteiger partial charge in [0, 0.05) is 10.9 Å². The van der Waals surface area contributed by atoms with Gasteiger partial charge in [-0.3, -0.25) is 5.10 Å². The first-order valence-corrected chi connectivity index (χ1v) is 6.97. The highest BCUT2D eigenvalue weighted by molar-refractivity contribution is 5.81. The van der Waals surface area contributed by atoms with E-state index in [1.807, 2.05) is 6.20 Å². The molecular weight excluding hydrogens is 234 g/mol. The molecule has 0 spiro atoms. The molecule has 0 bridgehead atoms. The van der Waals surface area contributed by atoms with Crippen molar-refractivity contribution in [3.8, 4) is 0 Å². The average Bonchev–Trinajstić information content (AvgIpc) is 2.76. The molecule has 2 rings (SSSR count). The van der Waals surface area contributed by atoms with Gasteiger partial charge in [-0.1, -0.05) is 32.9 Å². The minimum Gasteiger partial charge on any atom is -0.311 e. The minimum atomic E-state index is 0.122. The lowest BCUT2D eigenvalue weighted by Crippen LogP contribution is -2.50. The van der Waals surface area contributed by atoms with E-state index in [4.69, 9.17) is 0 Å². The quantitative estimate of drug-likeness (QED) is 0.882. The number of nitrogens with one attached hydrogen (secondary N) is 2. The molecule has 0 aliphatic heterocycles. The van der Waals surface area contributed by atoms with Gasteiger partial charge in [0.15, 0.2) is 0 Å². The van der Waals surface area contributed by atoms with Crippen molar-refractivity contribution < 1.29 is 0 Å². The van der Waals surface area contributed by atoms with Crippen LogP contribution in [0.5, 0.6) is 0 Å². The standard InChI is InChI=1S/C16H25N3/c1-15(2,3)16(4,5)17-10-9-12-7-6-8-14-13(12)11-18-19-14/h6-8,11,17H,9-10H2,1-5H3,(H,18,19). The van der Waals surface area contributed by atoms with Crippen molar-refractivity contribution in [3.63, 3.8) is 0 Å². The highest BCUT2D eigenvalue weighted by Gasteiger charge is 2.31. The summed E-state index contributed by atoms with van der Waals surface area (Å²) in [7, 11) is 0. The fourth-order valence-electron chi connectivity index (χ4n) is 2.02. The van der Waals surface area contributed by atoms with Gasteiger partial charge in [0.2, 0.25) is 0 Å². The van der Waals surface area contributed by atoms with E-state index < -0.39 is 0 Å². The van der Waals surface area contributed by atoms with E-state index in [0.717, 1.165) is 18.5 Å². The number of nitrogens with zero attached hydrogens (tertiary/aromatic N) is 1. The Labute approximate surface area is 115 Å². The van der Waals surface area contributed by atoms with E-state index in [1.54, 1.807) is 0 Å². The van der Waals surface area contributed by atoms with Crippen LogP contribution in [-0.4, -0.2) is 22.3 Å². The van der Waals surface area contributed by atoms with Gasteiger partial charge >= 0.3 is 0 Å². The Hall–Kier alpha value is -1.35. The minimum absolute atomic E-state index is 0.122. The molecule has 1 heterocycles. The maximum Gasteiger partial charge on any atom is 0.0653 e. The van der Waals surface area contributed by atoms with Crippen molar-refractivity contribution in [3.05, 3.63) is 30.0 Å². The van der Waals surface area contributed by atoms with Gasteiger partial charge in [-0.15, -0.1) is 0 Å². The van der Waals surface area contributed by atoms with Crippen LogP contribution < -0.4 is 5.32 Å². The van der Waals surface area contributed by atoms with Gasteiger partial charge in [0.1, 0.15) is 0 Å². The van der Waals surface area contributed by atoms with E-state index in [-0.39, 0.29) is 11.0 Å². The largest absolute Gasteiger partial charge is 0.311 e. The molecule has 3 heteroatoms. The third-order valence-corrected chi connectivity index (χ3v) is 4.41. The number of fused-ring (bicyclic) bond motifs is 1. The molecular formula is C16H25N3. The summed E-state index contributed by atoms with van der Waals surface area (Å²) in [6.45, 7) is 12.3. The monoisotopic (exact) mass is 259 g/mol. The lowest BCUT2D eigenvalue weighted by atomic mass is 9.76. The van der Waals surface area contributed by atoms with Crippen LogP contribution in [0, 0.1) is 5.41 Å². The summed E-state index contributed by atoms with van der Waals surface area (Å²) >= 11 is 0. The summed E-state index contributed by atoms with van der Waals surface area (Å²) in [6, 6.07) is 6.34. The molecule has 104 valence electrons. The zero-order valence-electron chi connectivity index (χ0n) is 12.7. The first kappa shape index (κ1) is 14.1. The van der Waals surface area contributed by atoms with Crippen molar-refractivity contribution >= 4 is 10.9 Å². The van der Waals surface area contributed by atoms with E-state index in [9.17, 15) is 0 Å². The SMILES string of the molecule is CC(C)(C)C(C)(C)NCCc1cccc2[nH]ncc12. The average molecular weight is 259 g/mol. The Kier molecular flexibility index (Phi) is 3.68. The van der Waals surface area contributed by atoms with Crippen molar-refractivity contribution in [2.24, 2.45) is 5.41 Å². The Bertz CT molecular complexity index is 546. The predicted octanol–water partition coefficient (Wildman–Crippen LogP) is 3.52. The van der Waals surface area contributed by atoms with Crippen molar-refractivity contribution in [1.82, 2.24) is 15.5 Å². The molecule has 1 aromatic heterocycles. The van der Waals surface area contributed by atoms with Gasteiger partial charge < -0.3 is 5.32 Å². The van der Waals surface area contributed by atoms with Crippen LogP contribution in [0.1, 0.15) is 40.2 Å². The molecule has 0 atom stereocenters. The van der Waals surface area contributed by atoms with Crippen molar-refractivity contribution in [2.45, 2.75) is 46.6 Å². The van der Waals surface area contributed by atoms with Gasteiger partial charge in [-0.2, -0.15) is 5.10 Å². The van der Waals surface area contributed by atoms with Gasteiger partial charge in [0.25, 0.3) is 0 Å². The zero-order valence-corrected chi connectivity index (χ0v) is 12.7. The lowest BCUT2D eigenvalue weighted by Gasteiger charge is -2.40. The summed E-state index contributed by atoms with van der Waals surface area (Å²) in [5, 5.41) is 12.0. The number of hydrogen-bond acceptors (Lipinski definition) is 2. The van der Waals surface area contributed by atoms with Crippen LogP contribution in [0.15, 0.2) is 24.4 Å². The second kappa shape index (κ2) is 4.97. The normalized spacial score (nSPS) is 13.1. The van der Waals surface area contributed by atoms with Crippen LogP contribution in [0.4, 0.5) is 0 Å². The number of rotatable bonds is 4. The van der Waals surface area contributed by atoms with E-state index in [0.29, 0.717) is 0 Å². The molecule has 0 aliphatic carbocycles. The second-order valence-electron chi connectivity index (χ2n) is 6.80. The molecule has 0 fully saturated rings. The second-order valence-corrected chi connectivity index (χ2v) is 6.80. The first-order chi connectivity index (χ1) is 8.81. The third kappa shape index (κ3) is 2.98. The highest BCUT2D eigenvalue weighted by atomic mass is 15.1. The Balaban J connectivity index is 2.02. The molecule has 0 amide bonds. The Morgan fingerprint density at radius 3 is 2.58 bits per heavy atom. The number of benzene rings is 1. The van der Waals surface area contributed by atoms with Crippen LogP contribution >= 0.6 is 0 Å². The Morgan fingerprint density at radius 1 is 1.16 bits per heavy atom. The fraction of sp³-hybridized carbons (Fsp3) is 0.562. The summed E-state index contributed by atoms with van der Waals surface area (Å²) in [5.41, 5.74) is 2.84. The van der Waals surface area contributed by atoms with E-state index >= 15 is 0 Å². The third-order valence-electron chi connectivity index (χ3n) is 4.41. The van der Waals surface area contributed by atoms with E-state index in [2.05, 4.69) is 68.3 Å². The number of aromatic amines is 1. The summed E-state index contributed by atoms with van der Waals surface area (Å²) in [6.07, 6.45) is 2.94. The lowest BCUT2D eigenvalue weighted by molar-refractivity contribution is 0.178. The molecule has 0 radical (unpaired) electrons.